The zero-order valence-electron chi connectivity index (χ0n) is 10.1. The number of nitrogens with zero attached hydrogens (tertiary/aromatic N) is 3. The van der Waals surface area contributed by atoms with Crippen LogP contribution < -0.4 is 4.74 Å². The molecular weight excluding hydrogens is 234 g/mol. The summed E-state index contributed by atoms with van der Waals surface area (Å²) < 4.78 is 7.05. The summed E-state index contributed by atoms with van der Waals surface area (Å²) in [5.74, 6) is -0.0466. The Morgan fingerprint density at radius 2 is 2.28 bits per heavy atom. The molecule has 1 heterocycles. The van der Waals surface area contributed by atoms with Crippen molar-refractivity contribution in [3.8, 4) is 5.75 Å². The van der Waals surface area contributed by atoms with E-state index in [1.807, 2.05) is 6.92 Å². The number of hydrogen-bond acceptors (Lipinski definition) is 4. The third-order valence-electron chi connectivity index (χ3n) is 2.53. The average molecular weight is 247 g/mol. The Labute approximate surface area is 104 Å². The van der Waals surface area contributed by atoms with Gasteiger partial charge in [-0.2, -0.15) is 5.10 Å². The maximum atomic E-state index is 11.1. The lowest BCUT2D eigenvalue weighted by molar-refractivity contribution is 0.0691. The van der Waals surface area contributed by atoms with Gasteiger partial charge in [-0.25, -0.2) is 9.78 Å². The lowest BCUT2D eigenvalue weighted by Crippen LogP contribution is -2.07. The minimum Gasteiger partial charge on any atom is -0.485 e. The molecule has 0 amide bonds. The zero-order chi connectivity index (χ0) is 13.1. The summed E-state index contributed by atoms with van der Waals surface area (Å²) in [5.41, 5.74) is 1.02. The van der Waals surface area contributed by atoms with E-state index in [4.69, 9.17) is 9.84 Å². The molecule has 0 spiro atoms. The summed E-state index contributed by atoms with van der Waals surface area (Å²) >= 11 is 0. The molecule has 0 aliphatic rings. The number of ether oxygens (including phenoxy) is 1. The first-order valence-electron chi connectivity index (χ1n) is 5.37. The van der Waals surface area contributed by atoms with Crippen LogP contribution in [0.1, 0.15) is 21.7 Å². The number of carbonyl (C=O) groups is 1. The number of aryl methyl sites for hydroxylation is 2. The van der Waals surface area contributed by atoms with Crippen LogP contribution in [-0.2, 0) is 13.7 Å². The van der Waals surface area contributed by atoms with Crippen LogP contribution in [0.5, 0.6) is 5.75 Å². The first kappa shape index (κ1) is 12.1. The minimum atomic E-state index is -1.01. The van der Waals surface area contributed by atoms with E-state index in [0.717, 1.165) is 5.56 Å². The van der Waals surface area contributed by atoms with E-state index in [-0.39, 0.29) is 12.2 Å². The predicted octanol–water partition coefficient (Wildman–Crippen LogP) is 1.40. The van der Waals surface area contributed by atoms with Crippen LogP contribution in [0.15, 0.2) is 24.5 Å². The van der Waals surface area contributed by atoms with E-state index < -0.39 is 5.97 Å². The number of aromatic carboxylic acids is 1. The molecule has 0 radical (unpaired) electrons. The molecule has 1 aromatic heterocycles. The molecule has 18 heavy (non-hydrogen) atoms. The van der Waals surface area contributed by atoms with E-state index in [0.29, 0.717) is 11.6 Å². The van der Waals surface area contributed by atoms with E-state index in [2.05, 4.69) is 10.1 Å². The lowest BCUT2D eigenvalue weighted by Gasteiger charge is -2.09. The Bertz CT molecular complexity index is 578. The van der Waals surface area contributed by atoms with Gasteiger partial charge < -0.3 is 9.84 Å². The summed E-state index contributed by atoms with van der Waals surface area (Å²) in [5, 5.41) is 13.0. The van der Waals surface area contributed by atoms with Crippen molar-refractivity contribution in [1.82, 2.24) is 14.8 Å². The van der Waals surface area contributed by atoms with Crippen LogP contribution in [0.25, 0.3) is 0 Å². The summed E-state index contributed by atoms with van der Waals surface area (Å²) in [6.07, 6.45) is 1.42. The van der Waals surface area contributed by atoms with Crippen molar-refractivity contribution in [3.63, 3.8) is 0 Å². The molecule has 0 atom stereocenters. The Kier molecular flexibility index (Phi) is 3.27. The van der Waals surface area contributed by atoms with Gasteiger partial charge in [0.15, 0.2) is 5.82 Å². The number of aromatic nitrogens is 3. The standard InChI is InChI=1S/C12H13N3O3/c1-8-3-4-10(9(5-8)12(16)17)18-6-11-13-7-14-15(11)2/h3-5,7H,6H2,1-2H3,(H,16,17). The molecule has 1 aromatic carbocycles. The number of carboxylic acids is 1. The van der Waals surface area contributed by atoms with Gasteiger partial charge in [0, 0.05) is 7.05 Å². The van der Waals surface area contributed by atoms with Gasteiger partial charge in [-0.1, -0.05) is 11.6 Å². The molecule has 94 valence electrons. The molecule has 2 aromatic rings. The predicted molar refractivity (Wildman–Crippen MR) is 63.5 cm³/mol. The second kappa shape index (κ2) is 4.87. The second-order valence-electron chi connectivity index (χ2n) is 3.89. The van der Waals surface area contributed by atoms with Gasteiger partial charge in [0.25, 0.3) is 0 Å². The summed E-state index contributed by atoms with van der Waals surface area (Å²) in [4.78, 5) is 15.1. The molecule has 2 rings (SSSR count). The van der Waals surface area contributed by atoms with Crippen molar-refractivity contribution in [2.24, 2.45) is 7.05 Å². The van der Waals surface area contributed by atoms with Crippen molar-refractivity contribution in [2.45, 2.75) is 13.5 Å². The fourth-order valence-electron chi connectivity index (χ4n) is 1.53. The highest BCUT2D eigenvalue weighted by Crippen LogP contribution is 2.20. The Hall–Kier alpha value is -2.37. The fourth-order valence-corrected chi connectivity index (χ4v) is 1.53. The van der Waals surface area contributed by atoms with Crippen molar-refractivity contribution >= 4 is 5.97 Å². The Morgan fingerprint density at radius 3 is 2.89 bits per heavy atom. The average Bonchev–Trinajstić information content (AvgIpc) is 2.73. The van der Waals surface area contributed by atoms with Gasteiger partial charge in [0.05, 0.1) is 0 Å². The van der Waals surface area contributed by atoms with Crippen LogP contribution in [-0.4, -0.2) is 25.8 Å². The molecule has 0 bridgehead atoms. The van der Waals surface area contributed by atoms with Gasteiger partial charge in [0.2, 0.25) is 0 Å². The molecule has 0 unspecified atom stereocenters. The fraction of sp³-hybridized carbons (Fsp3) is 0.250. The highest BCUT2D eigenvalue weighted by Gasteiger charge is 2.12. The number of benzene rings is 1. The van der Waals surface area contributed by atoms with Crippen molar-refractivity contribution in [2.75, 3.05) is 0 Å². The third-order valence-corrected chi connectivity index (χ3v) is 2.53. The van der Waals surface area contributed by atoms with Gasteiger partial charge in [-0.15, -0.1) is 0 Å². The highest BCUT2D eigenvalue weighted by atomic mass is 16.5. The summed E-state index contributed by atoms with van der Waals surface area (Å²) in [6.45, 7) is 2.01. The molecule has 6 heteroatoms. The first-order valence-corrected chi connectivity index (χ1v) is 5.37. The number of hydrogen-bond donors (Lipinski definition) is 1. The SMILES string of the molecule is Cc1ccc(OCc2ncnn2C)c(C(=O)O)c1. The normalized spacial score (nSPS) is 10.3. The number of carboxylic acid groups (broad SMARTS) is 1. The van der Waals surface area contributed by atoms with Crippen LogP contribution in [0.4, 0.5) is 0 Å². The minimum absolute atomic E-state index is 0.150. The van der Waals surface area contributed by atoms with Crippen LogP contribution in [0.3, 0.4) is 0 Å². The molecule has 0 fully saturated rings. The maximum absolute atomic E-state index is 11.1. The quantitative estimate of drug-likeness (QED) is 0.883. The maximum Gasteiger partial charge on any atom is 0.339 e. The van der Waals surface area contributed by atoms with Crippen LogP contribution >= 0.6 is 0 Å². The van der Waals surface area contributed by atoms with Crippen molar-refractivity contribution in [1.29, 1.82) is 0 Å². The molecule has 0 aliphatic heterocycles. The third kappa shape index (κ3) is 2.48. The molecule has 0 saturated heterocycles. The van der Waals surface area contributed by atoms with Gasteiger partial charge in [-0.05, 0) is 19.1 Å². The van der Waals surface area contributed by atoms with E-state index in [1.54, 1.807) is 29.9 Å². The Balaban J connectivity index is 2.19. The number of rotatable bonds is 4. The molecular formula is C12H13N3O3. The molecule has 1 N–H and O–H groups in total. The highest BCUT2D eigenvalue weighted by molar-refractivity contribution is 5.91. The summed E-state index contributed by atoms with van der Waals surface area (Å²) in [7, 11) is 1.75. The first-order chi connectivity index (χ1) is 8.58. The van der Waals surface area contributed by atoms with Crippen molar-refractivity contribution in [3.05, 3.63) is 41.5 Å². The summed E-state index contributed by atoms with van der Waals surface area (Å²) in [6, 6.07) is 5.03. The second-order valence-corrected chi connectivity index (χ2v) is 3.89. The molecule has 0 saturated carbocycles. The topological polar surface area (TPSA) is 77.2 Å². The van der Waals surface area contributed by atoms with Crippen LogP contribution in [0.2, 0.25) is 0 Å². The lowest BCUT2D eigenvalue weighted by atomic mass is 10.1. The largest absolute Gasteiger partial charge is 0.485 e. The van der Waals surface area contributed by atoms with Gasteiger partial charge in [0.1, 0.15) is 24.2 Å². The molecule has 6 nitrogen and oxygen atoms in total. The van der Waals surface area contributed by atoms with E-state index >= 15 is 0 Å². The zero-order valence-corrected chi connectivity index (χ0v) is 10.1. The van der Waals surface area contributed by atoms with E-state index in [9.17, 15) is 4.79 Å². The smallest absolute Gasteiger partial charge is 0.339 e. The van der Waals surface area contributed by atoms with Gasteiger partial charge in [-0.3, -0.25) is 4.68 Å². The monoisotopic (exact) mass is 247 g/mol. The Morgan fingerprint density at radius 1 is 1.50 bits per heavy atom. The van der Waals surface area contributed by atoms with Crippen LogP contribution in [0, 0.1) is 6.92 Å². The molecule has 0 aliphatic carbocycles. The van der Waals surface area contributed by atoms with Crippen molar-refractivity contribution < 1.29 is 14.6 Å². The van der Waals surface area contributed by atoms with E-state index in [1.165, 1.54) is 6.33 Å². The van der Waals surface area contributed by atoms with Gasteiger partial charge >= 0.3 is 5.97 Å².